The van der Waals surface area contributed by atoms with Crippen molar-refractivity contribution in [2.24, 2.45) is 0 Å². The highest BCUT2D eigenvalue weighted by Crippen LogP contribution is 2.22. The zero-order valence-electron chi connectivity index (χ0n) is 7.30. The van der Waals surface area contributed by atoms with E-state index < -0.39 is 6.10 Å². The summed E-state index contributed by atoms with van der Waals surface area (Å²) in [5.41, 5.74) is 0.732. The smallest absolute Gasteiger partial charge is 0.124 e. The second-order valence-corrected chi connectivity index (χ2v) is 3.98. The number of hydrogen-bond acceptors (Lipinski definition) is 2. The number of rotatable bonds is 4. The summed E-state index contributed by atoms with van der Waals surface area (Å²) in [5.74, 6) is -0.133. The largest absolute Gasteiger partial charge is 0.390 e. The molecule has 0 aliphatic heterocycles. The summed E-state index contributed by atoms with van der Waals surface area (Å²) in [4.78, 5) is 0. The SMILES string of the molecule is OC(CCl)CNc1ccc(F)cc1Br. The standard InChI is InChI=1S/C9H10BrClFNO/c10-8-3-6(12)1-2-9(8)13-5-7(14)4-11/h1-3,7,13-14H,4-5H2. The highest BCUT2D eigenvalue weighted by Gasteiger charge is 2.04. The van der Waals surface area contributed by atoms with E-state index in [1.165, 1.54) is 12.1 Å². The molecule has 0 saturated carbocycles. The molecule has 0 amide bonds. The van der Waals surface area contributed by atoms with Crippen LogP contribution in [0.3, 0.4) is 0 Å². The summed E-state index contributed by atoms with van der Waals surface area (Å²) < 4.78 is 13.3. The van der Waals surface area contributed by atoms with Crippen molar-refractivity contribution < 1.29 is 9.50 Å². The summed E-state index contributed by atoms with van der Waals surface area (Å²) in [5, 5.41) is 12.1. The lowest BCUT2D eigenvalue weighted by atomic mass is 10.3. The van der Waals surface area contributed by atoms with Crippen molar-refractivity contribution in [3.63, 3.8) is 0 Å². The van der Waals surface area contributed by atoms with Crippen molar-refractivity contribution in [3.05, 3.63) is 28.5 Å². The second-order valence-electron chi connectivity index (χ2n) is 2.81. The molecule has 78 valence electrons. The normalized spacial score (nSPS) is 12.6. The second kappa shape index (κ2) is 5.53. The minimum absolute atomic E-state index is 0.172. The first-order valence-corrected chi connectivity index (χ1v) is 5.39. The van der Waals surface area contributed by atoms with E-state index in [9.17, 15) is 9.50 Å². The van der Waals surface area contributed by atoms with Crippen LogP contribution in [0.15, 0.2) is 22.7 Å². The number of aliphatic hydroxyl groups is 1. The molecular weight excluding hydrogens is 272 g/mol. The fraction of sp³-hybridized carbons (Fsp3) is 0.333. The lowest BCUT2D eigenvalue weighted by Crippen LogP contribution is -2.20. The van der Waals surface area contributed by atoms with Gasteiger partial charge in [0.15, 0.2) is 0 Å². The number of anilines is 1. The highest BCUT2D eigenvalue weighted by atomic mass is 79.9. The Hall–Kier alpha value is -0.320. The molecule has 0 fully saturated rings. The van der Waals surface area contributed by atoms with Gasteiger partial charge in [0.2, 0.25) is 0 Å². The van der Waals surface area contributed by atoms with Gasteiger partial charge < -0.3 is 10.4 Å². The van der Waals surface area contributed by atoms with Crippen molar-refractivity contribution in [1.82, 2.24) is 0 Å². The Bertz CT molecular complexity index is 311. The molecule has 0 spiro atoms. The van der Waals surface area contributed by atoms with E-state index >= 15 is 0 Å². The molecule has 5 heteroatoms. The van der Waals surface area contributed by atoms with Gasteiger partial charge in [-0.25, -0.2) is 4.39 Å². The van der Waals surface area contributed by atoms with Crippen LogP contribution in [0.1, 0.15) is 0 Å². The van der Waals surface area contributed by atoms with E-state index in [-0.39, 0.29) is 11.7 Å². The quantitative estimate of drug-likeness (QED) is 0.832. The number of aliphatic hydroxyl groups excluding tert-OH is 1. The summed E-state index contributed by atoms with van der Waals surface area (Å²) in [6.45, 7) is 0.341. The van der Waals surface area contributed by atoms with Gasteiger partial charge in [-0.3, -0.25) is 0 Å². The number of halogens is 3. The van der Waals surface area contributed by atoms with Gasteiger partial charge >= 0.3 is 0 Å². The van der Waals surface area contributed by atoms with Crippen LogP contribution >= 0.6 is 27.5 Å². The van der Waals surface area contributed by atoms with Crippen LogP contribution in [0.5, 0.6) is 0 Å². The zero-order chi connectivity index (χ0) is 10.6. The van der Waals surface area contributed by atoms with Crippen LogP contribution in [0, 0.1) is 5.82 Å². The fourth-order valence-electron chi connectivity index (χ4n) is 0.915. The molecule has 0 bridgehead atoms. The first-order valence-electron chi connectivity index (χ1n) is 4.06. The minimum Gasteiger partial charge on any atom is -0.390 e. The van der Waals surface area contributed by atoms with E-state index in [4.69, 9.17) is 11.6 Å². The number of alkyl halides is 1. The number of nitrogens with one attached hydrogen (secondary N) is 1. The van der Waals surface area contributed by atoms with Gasteiger partial charge in [-0.15, -0.1) is 11.6 Å². The molecule has 1 aromatic carbocycles. The molecule has 2 nitrogen and oxygen atoms in total. The predicted molar refractivity (Wildman–Crippen MR) is 59.3 cm³/mol. The topological polar surface area (TPSA) is 32.3 Å². The summed E-state index contributed by atoms with van der Waals surface area (Å²) in [6.07, 6.45) is -0.603. The first-order chi connectivity index (χ1) is 6.63. The molecule has 0 saturated heterocycles. The fourth-order valence-corrected chi connectivity index (χ4v) is 1.52. The van der Waals surface area contributed by atoms with Crippen molar-refractivity contribution in [3.8, 4) is 0 Å². The minimum atomic E-state index is -0.603. The molecule has 0 aromatic heterocycles. The third-order valence-electron chi connectivity index (χ3n) is 1.64. The first kappa shape index (κ1) is 11.8. The van der Waals surface area contributed by atoms with Crippen LogP contribution in [0.4, 0.5) is 10.1 Å². The Morgan fingerprint density at radius 2 is 2.29 bits per heavy atom. The lowest BCUT2D eigenvalue weighted by Gasteiger charge is -2.11. The van der Waals surface area contributed by atoms with Crippen molar-refractivity contribution in [2.45, 2.75) is 6.10 Å². The average Bonchev–Trinajstić information content (AvgIpc) is 2.16. The molecule has 1 rings (SSSR count). The maximum Gasteiger partial charge on any atom is 0.124 e. The molecule has 0 radical (unpaired) electrons. The van der Waals surface area contributed by atoms with Gasteiger partial charge in [0.1, 0.15) is 5.82 Å². The number of benzene rings is 1. The number of hydrogen-bond donors (Lipinski definition) is 2. The van der Waals surface area contributed by atoms with Crippen LogP contribution < -0.4 is 5.32 Å². The van der Waals surface area contributed by atoms with Crippen LogP contribution in [-0.4, -0.2) is 23.6 Å². The van der Waals surface area contributed by atoms with Gasteiger partial charge in [0, 0.05) is 16.7 Å². The molecule has 0 aliphatic rings. The zero-order valence-corrected chi connectivity index (χ0v) is 9.65. The summed E-state index contributed by atoms with van der Waals surface area (Å²) >= 11 is 8.62. The Morgan fingerprint density at radius 1 is 1.57 bits per heavy atom. The van der Waals surface area contributed by atoms with E-state index in [2.05, 4.69) is 21.2 Å². The van der Waals surface area contributed by atoms with Crippen LogP contribution in [0.2, 0.25) is 0 Å². The van der Waals surface area contributed by atoms with E-state index in [1.807, 2.05) is 0 Å². The molecular formula is C9H10BrClFNO. The average molecular weight is 283 g/mol. The van der Waals surface area contributed by atoms with Crippen molar-refractivity contribution >= 4 is 33.2 Å². The van der Waals surface area contributed by atoms with Crippen LogP contribution in [-0.2, 0) is 0 Å². The molecule has 14 heavy (non-hydrogen) atoms. The van der Waals surface area contributed by atoms with E-state index in [0.29, 0.717) is 11.0 Å². The monoisotopic (exact) mass is 281 g/mol. The Kier molecular flexibility index (Phi) is 4.65. The highest BCUT2D eigenvalue weighted by molar-refractivity contribution is 9.10. The third-order valence-corrected chi connectivity index (χ3v) is 2.65. The van der Waals surface area contributed by atoms with Gasteiger partial charge in [0.05, 0.1) is 12.0 Å². The molecule has 1 atom stereocenters. The molecule has 0 heterocycles. The predicted octanol–water partition coefficient (Wildman–Crippen LogP) is 2.60. The molecule has 2 N–H and O–H groups in total. The van der Waals surface area contributed by atoms with Crippen LogP contribution in [0.25, 0.3) is 0 Å². The van der Waals surface area contributed by atoms with E-state index in [1.54, 1.807) is 6.07 Å². The maximum absolute atomic E-state index is 12.7. The molecule has 1 unspecified atom stereocenters. The Morgan fingerprint density at radius 3 is 2.86 bits per heavy atom. The summed E-state index contributed by atoms with van der Waals surface area (Å²) in [7, 11) is 0. The maximum atomic E-state index is 12.7. The van der Waals surface area contributed by atoms with Crippen molar-refractivity contribution in [1.29, 1.82) is 0 Å². The third kappa shape index (κ3) is 3.44. The van der Waals surface area contributed by atoms with E-state index in [0.717, 1.165) is 5.69 Å². The Balaban J connectivity index is 2.59. The van der Waals surface area contributed by atoms with Gasteiger partial charge in [0.25, 0.3) is 0 Å². The molecule has 0 aliphatic carbocycles. The van der Waals surface area contributed by atoms with Gasteiger partial charge in [-0.1, -0.05) is 0 Å². The van der Waals surface area contributed by atoms with Crippen molar-refractivity contribution in [2.75, 3.05) is 17.7 Å². The molecule has 1 aromatic rings. The lowest BCUT2D eigenvalue weighted by molar-refractivity contribution is 0.211. The van der Waals surface area contributed by atoms with Gasteiger partial charge in [-0.2, -0.15) is 0 Å². The summed E-state index contributed by atoms with van der Waals surface area (Å²) in [6, 6.07) is 4.30. The van der Waals surface area contributed by atoms with Gasteiger partial charge in [-0.05, 0) is 34.1 Å². The Labute approximate surface area is 95.2 Å².